The summed E-state index contributed by atoms with van der Waals surface area (Å²) in [6, 6.07) is 7.79. The number of anilines is 1. The molecule has 9 heteroatoms. The molecule has 30 heavy (non-hydrogen) atoms. The summed E-state index contributed by atoms with van der Waals surface area (Å²) >= 11 is 0. The Morgan fingerprint density at radius 3 is 2.37 bits per heavy atom. The number of amides is 1. The second kappa shape index (κ2) is 12.3. The van der Waals surface area contributed by atoms with E-state index in [-0.39, 0.29) is 54.5 Å². The van der Waals surface area contributed by atoms with Crippen LogP contribution in [0.15, 0.2) is 24.3 Å². The van der Waals surface area contributed by atoms with Crippen molar-refractivity contribution in [2.45, 2.75) is 19.3 Å². The van der Waals surface area contributed by atoms with Crippen molar-refractivity contribution < 1.29 is 9.53 Å². The van der Waals surface area contributed by atoms with Gasteiger partial charge in [0.05, 0.1) is 0 Å². The molecular weight excluding hydrogens is 447 g/mol. The van der Waals surface area contributed by atoms with E-state index in [1.807, 2.05) is 24.3 Å². The molecule has 3 fully saturated rings. The molecule has 0 bridgehead atoms. The minimum atomic E-state index is 0. The molecule has 2 N–H and O–H groups in total. The molecule has 1 spiro atoms. The molecule has 172 valence electrons. The second-order valence-electron chi connectivity index (χ2n) is 8.38. The van der Waals surface area contributed by atoms with E-state index in [0.29, 0.717) is 6.61 Å². The molecule has 1 aromatic rings. The summed E-state index contributed by atoms with van der Waals surface area (Å²) in [6.45, 7) is 8.25. The molecule has 1 saturated carbocycles. The van der Waals surface area contributed by atoms with Crippen LogP contribution in [0.1, 0.15) is 19.3 Å². The van der Waals surface area contributed by atoms with Crippen LogP contribution in [0.3, 0.4) is 0 Å². The molecule has 1 amide bonds. The Balaban J connectivity index is 0.00000150. The standard InChI is InChI=1S/C21H32N4O2.3ClH/c1-24-10-12-25(13-11-24)14-15-27-18-4-2-17(3-5-18)23-20(26)19-16-21(19)6-8-22-9-7-21;;;/h2-5,19,22H,6-16H2,1H3,(H,23,26);3*1H. The maximum atomic E-state index is 12.5. The zero-order valence-corrected chi connectivity index (χ0v) is 20.1. The second-order valence-corrected chi connectivity index (χ2v) is 8.38. The van der Waals surface area contributed by atoms with E-state index in [9.17, 15) is 4.79 Å². The van der Waals surface area contributed by atoms with Crippen molar-refractivity contribution in [3.05, 3.63) is 24.3 Å². The van der Waals surface area contributed by atoms with Gasteiger partial charge in [0.25, 0.3) is 0 Å². The Hall–Kier alpha value is -0.760. The van der Waals surface area contributed by atoms with Gasteiger partial charge in [-0.3, -0.25) is 9.69 Å². The van der Waals surface area contributed by atoms with Crippen LogP contribution < -0.4 is 15.4 Å². The van der Waals surface area contributed by atoms with Gasteiger partial charge in [-0.2, -0.15) is 0 Å². The molecule has 3 aliphatic rings. The van der Waals surface area contributed by atoms with Gasteiger partial charge < -0.3 is 20.3 Å². The molecule has 0 aromatic heterocycles. The number of nitrogens with one attached hydrogen (secondary N) is 2. The van der Waals surface area contributed by atoms with E-state index in [1.165, 1.54) is 0 Å². The fraction of sp³-hybridized carbons (Fsp3) is 0.667. The number of rotatable bonds is 6. The average Bonchev–Trinajstić information content (AvgIpc) is 3.38. The smallest absolute Gasteiger partial charge is 0.228 e. The van der Waals surface area contributed by atoms with E-state index in [4.69, 9.17) is 4.74 Å². The molecule has 2 aliphatic heterocycles. The normalized spacial score (nSPS) is 22.8. The van der Waals surface area contributed by atoms with Crippen molar-refractivity contribution in [2.75, 3.05) is 64.8 Å². The predicted molar refractivity (Wildman–Crippen MR) is 129 cm³/mol. The van der Waals surface area contributed by atoms with Crippen molar-refractivity contribution >= 4 is 48.8 Å². The number of ether oxygens (including phenoxy) is 1. The number of benzene rings is 1. The Bertz CT molecular complexity index is 648. The fourth-order valence-corrected chi connectivity index (χ4v) is 4.42. The molecule has 2 saturated heterocycles. The number of hydrogen-bond donors (Lipinski definition) is 2. The third-order valence-electron chi connectivity index (χ3n) is 6.50. The first-order valence-electron chi connectivity index (χ1n) is 10.3. The van der Waals surface area contributed by atoms with E-state index in [2.05, 4.69) is 27.5 Å². The van der Waals surface area contributed by atoms with Crippen LogP contribution in [-0.4, -0.2) is 75.2 Å². The quantitative estimate of drug-likeness (QED) is 0.654. The van der Waals surface area contributed by atoms with Crippen molar-refractivity contribution in [1.29, 1.82) is 0 Å². The summed E-state index contributed by atoms with van der Waals surface area (Å²) < 4.78 is 5.87. The summed E-state index contributed by atoms with van der Waals surface area (Å²) in [7, 11) is 2.17. The number of hydrogen-bond acceptors (Lipinski definition) is 5. The minimum Gasteiger partial charge on any atom is -0.492 e. The first-order chi connectivity index (χ1) is 13.1. The van der Waals surface area contributed by atoms with Crippen LogP contribution in [0.2, 0.25) is 0 Å². The average molecular weight is 482 g/mol. The van der Waals surface area contributed by atoms with E-state index < -0.39 is 0 Å². The predicted octanol–water partition coefficient (Wildman–Crippen LogP) is 2.91. The summed E-state index contributed by atoms with van der Waals surface area (Å²) in [5.74, 6) is 1.24. The highest BCUT2D eigenvalue weighted by Crippen LogP contribution is 2.58. The number of likely N-dealkylation sites (N-methyl/N-ethyl adjacent to an activating group) is 1. The van der Waals surface area contributed by atoms with E-state index in [1.54, 1.807) is 0 Å². The van der Waals surface area contributed by atoms with E-state index in [0.717, 1.165) is 76.5 Å². The van der Waals surface area contributed by atoms with Gasteiger partial charge in [0.1, 0.15) is 12.4 Å². The molecular formula is C21H35Cl3N4O2. The Morgan fingerprint density at radius 2 is 1.73 bits per heavy atom. The first-order valence-corrected chi connectivity index (χ1v) is 10.3. The Kier molecular flexibility index (Phi) is 11.2. The zero-order chi connectivity index (χ0) is 18.7. The molecule has 0 radical (unpaired) electrons. The van der Waals surface area contributed by atoms with Crippen LogP contribution >= 0.6 is 37.2 Å². The van der Waals surface area contributed by atoms with Crippen LogP contribution in [0.5, 0.6) is 5.75 Å². The zero-order valence-electron chi connectivity index (χ0n) is 17.6. The largest absolute Gasteiger partial charge is 0.492 e. The maximum Gasteiger partial charge on any atom is 0.228 e. The highest BCUT2D eigenvalue weighted by molar-refractivity contribution is 5.95. The van der Waals surface area contributed by atoms with E-state index >= 15 is 0 Å². The monoisotopic (exact) mass is 480 g/mol. The lowest BCUT2D eigenvalue weighted by atomic mass is 9.92. The van der Waals surface area contributed by atoms with Gasteiger partial charge in [-0.05, 0) is 69.1 Å². The summed E-state index contributed by atoms with van der Waals surface area (Å²) in [5.41, 5.74) is 1.14. The third kappa shape index (κ3) is 6.87. The van der Waals surface area contributed by atoms with Gasteiger partial charge in [0.15, 0.2) is 0 Å². The van der Waals surface area contributed by atoms with Crippen molar-refractivity contribution in [3.8, 4) is 5.75 Å². The lowest BCUT2D eigenvalue weighted by Crippen LogP contribution is -2.45. The fourth-order valence-electron chi connectivity index (χ4n) is 4.42. The third-order valence-corrected chi connectivity index (χ3v) is 6.50. The van der Waals surface area contributed by atoms with Gasteiger partial charge in [0, 0.05) is 44.3 Å². The van der Waals surface area contributed by atoms with Crippen LogP contribution in [0.25, 0.3) is 0 Å². The number of nitrogens with zero attached hydrogens (tertiary/aromatic N) is 2. The first kappa shape index (κ1) is 27.3. The summed E-state index contributed by atoms with van der Waals surface area (Å²) in [4.78, 5) is 17.3. The lowest BCUT2D eigenvalue weighted by molar-refractivity contribution is -0.118. The van der Waals surface area contributed by atoms with Gasteiger partial charge in [-0.15, -0.1) is 37.2 Å². The Morgan fingerprint density at radius 1 is 1.10 bits per heavy atom. The highest BCUT2D eigenvalue weighted by atomic mass is 35.5. The van der Waals surface area contributed by atoms with Gasteiger partial charge >= 0.3 is 0 Å². The van der Waals surface area contributed by atoms with Gasteiger partial charge in [0.2, 0.25) is 5.91 Å². The minimum absolute atomic E-state index is 0. The molecule has 2 heterocycles. The highest BCUT2D eigenvalue weighted by Gasteiger charge is 2.57. The molecule has 1 aromatic carbocycles. The van der Waals surface area contributed by atoms with Crippen molar-refractivity contribution in [2.24, 2.45) is 11.3 Å². The molecule has 1 aliphatic carbocycles. The van der Waals surface area contributed by atoms with Crippen molar-refractivity contribution in [1.82, 2.24) is 15.1 Å². The van der Waals surface area contributed by atoms with Crippen molar-refractivity contribution in [3.63, 3.8) is 0 Å². The van der Waals surface area contributed by atoms with Crippen LogP contribution in [0, 0.1) is 11.3 Å². The maximum absolute atomic E-state index is 12.5. The van der Waals surface area contributed by atoms with Gasteiger partial charge in [-0.25, -0.2) is 0 Å². The molecule has 6 nitrogen and oxygen atoms in total. The Labute approximate surface area is 198 Å². The molecule has 1 atom stereocenters. The lowest BCUT2D eigenvalue weighted by Gasteiger charge is -2.32. The topological polar surface area (TPSA) is 56.8 Å². The summed E-state index contributed by atoms with van der Waals surface area (Å²) in [5, 5.41) is 6.47. The number of halogens is 3. The number of piperidine rings is 1. The van der Waals surface area contributed by atoms with Crippen LogP contribution in [-0.2, 0) is 4.79 Å². The van der Waals surface area contributed by atoms with Crippen LogP contribution in [0.4, 0.5) is 5.69 Å². The number of carbonyl (C=O) groups excluding carboxylic acids is 1. The van der Waals surface area contributed by atoms with Gasteiger partial charge in [-0.1, -0.05) is 0 Å². The molecule has 4 rings (SSSR count). The summed E-state index contributed by atoms with van der Waals surface area (Å²) in [6.07, 6.45) is 3.31. The number of piperazine rings is 1. The number of carbonyl (C=O) groups is 1. The molecule has 1 unspecified atom stereocenters. The SMILES string of the molecule is CN1CCN(CCOc2ccc(NC(=O)C3CC34CCNCC4)cc2)CC1.Cl.Cl.Cl.